The van der Waals surface area contributed by atoms with Gasteiger partial charge in [0.25, 0.3) is 5.91 Å². The maximum atomic E-state index is 13.3. The number of hydrogen-bond acceptors (Lipinski definition) is 4. The molecule has 5 heteroatoms. The fourth-order valence-corrected chi connectivity index (χ4v) is 5.05. The Hall–Kier alpha value is -2.24. The zero-order valence-corrected chi connectivity index (χ0v) is 21.1. The number of rotatable bonds is 5. The first-order valence-corrected chi connectivity index (χ1v) is 12.1. The third kappa shape index (κ3) is 5.38. The molecule has 1 fully saturated rings. The molecule has 0 aromatic heterocycles. The summed E-state index contributed by atoms with van der Waals surface area (Å²) in [7, 11) is 1.89. The molecule has 1 aliphatic heterocycles. The molecule has 0 bridgehead atoms. The molecule has 1 heterocycles. The molecule has 1 atom stereocenters. The zero-order chi connectivity index (χ0) is 23.7. The van der Waals surface area contributed by atoms with E-state index in [-0.39, 0.29) is 22.2 Å². The topological polar surface area (TPSA) is 52.6 Å². The molecular weight excluding hydrogens is 416 g/mol. The summed E-state index contributed by atoms with van der Waals surface area (Å²) >= 11 is 1.55. The van der Waals surface area contributed by atoms with Gasteiger partial charge in [0, 0.05) is 17.7 Å². The third-order valence-corrected chi connectivity index (χ3v) is 7.03. The largest absolute Gasteiger partial charge is 0.507 e. The van der Waals surface area contributed by atoms with Crippen LogP contribution in [0.15, 0.2) is 47.4 Å². The van der Waals surface area contributed by atoms with Gasteiger partial charge in [0.15, 0.2) is 0 Å². The first-order chi connectivity index (χ1) is 14.9. The summed E-state index contributed by atoms with van der Waals surface area (Å²) in [5.41, 5.74) is 3.48. The number of hydrogen-bond donors (Lipinski definition) is 2. The average molecular weight is 453 g/mol. The van der Waals surface area contributed by atoms with Crippen LogP contribution in [0.3, 0.4) is 0 Å². The Kier molecular flexibility index (Phi) is 7.11. The lowest BCUT2D eigenvalue weighted by atomic mass is 9.78. The van der Waals surface area contributed by atoms with E-state index in [1.54, 1.807) is 11.8 Å². The van der Waals surface area contributed by atoms with Gasteiger partial charge in [-0.05, 0) is 53.6 Å². The third-order valence-electron chi connectivity index (χ3n) is 5.77. The van der Waals surface area contributed by atoms with Crippen molar-refractivity contribution in [3.05, 3.63) is 69.6 Å². The van der Waals surface area contributed by atoms with Crippen molar-refractivity contribution in [2.24, 2.45) is 0 Å². The maximum Gasteiger partial charge on any atom is 0.262 e. The van der Waals surface area contributed by atoms with Crippen LogP contribution in [0.1, 0.15) is 63.8 Å². The van der Waals surface area contributed by atoms with Crippen molar-refractivity contribution < 1.29 is 9.90 Å². The van der Waals surface area contributed by atoms with Crippen LogP contribution in [0.2, 0.25) is 0 Å². The van der Waals surface area contributed by atoms with Crippen molar-refractivity contribution >= 4 is 23.7 Å². The van der Waals surface area contributed by atoms with Crippen molar-refractivity contribution in [1.29, 1.82) is 0 Å². The van der Waals surface area contributed by atoms with Crippen molar-refractivity contribution in [2.45, 2.75) is 64.3 Å². The SMILES string of the molecule is CNC1SC(=Cc2cc(C(C)(C)C)c(O)c(C(C)(C)C)c2)C(=O)N1CCc1ccccc1. The molecule has 1 aliphatic rings. The van der Waals surface area contributed by atoms with Gasteiger partial charge < -0.3 is 10.0 Å². The lowest BCUT2D eigenvalue weighted by Crippen LogP contribution is -2.41. The van der Waals surface area contributed by atoms with Gasteiger partial charge in [-0.2, -0.15) is 0 Å². The number of phenolic OH excluding ortho intramolecular Hbond substituents is 1. The smallest absolute Gasteiger partial charge is 0.262 e. The predicted molar refractivity (Wildman–Crippen MR) is 136 cm³/mol. The number of nitrogens with one attached hydrogen (secondary N) is 1. The maximum absolute atomic E-state index is 13.3. The number of aromatic hydroxyl groups is 1. The molecule has 0 spiro atoms. The molecule has 1 unspecified atom stereocenters. The highest BCUT2D eigenvalue weighted by molar-refractivity contribution is 8.05. The number of carbonyl (C=O) groups excluding carboxylic acids is 1. The molecule has 32 heavy (non-hydrogen) atoms. The van der Waals surface area contributed by atoms with Crippen LogP contribution in [0.5, 0.6) is 5.75 Å². The summed E-state index contributed by atoms with van der Waals surface area (Å²) in [5, 5.41) is 14.3. The van der Waals surface area contributed by atoms with Gasteiger partial charge in [-0.25, -0.2) is 0 Å². The van der Waals surface area contributed by atoms with Crippen LogP contribution >= 0.6 is 11.8 Å². The molecule has 172 valence electrons. The van der Waals surface area contributed by atoms with E-state index in [9.17, 15) is 9.90 Å². The van der Waals surface area contributed by atoms with Gasteiger partial charge in [-0.1, -0.05) is 83.6 Å². The molecule has 0 saturated carbocycles. The predicted octanol–water partition coefficient (Wildman–Crippen LogP) is 5.65. The minimum Gasteiger partial charge on any atom is -0.507 e. The van der Waals surface area contributed by atoms with Crippen LogP contribution in [-0.2, 0) is 22.0 Å². The van der Waals surface area contributed by atoms with Gasteiger partial charge >= 0.3 is 0 Å². The van der Waals surface area contributed by atoms with Crippen molar-refractivity contribution in [1.82, 2.24) is 10.2 Å². The fraction of sp³-hybridized carbons (Fsp3) is 0.444. The Morgan fingerprint density at radius 1 is 1.03 bits per heavy atom. The molecule has 3 rings (SSSR count). The second-order valence-corrected chi connectivity index (χ2v) is 11.6. The van der Waals surface area contributed by atoms with Crippen molar-refractivity contribution in [3.8, 4) is 5.75 Å². The van der Waals surface area contributed by atoms with E-state index in [2.05, 4.69) is 59.0 Å². The number of amides is 1. The Bertz CT molecular complexity index is 966. The highest BCUT2D eigenvalue weighted by Gasteiger charge is 2.35. The highest BCUT2D eigenvalue weighted by atomic mass is 32.2. The van der Waals surface area contributed by atoms with E-state index < -0.39 is 0 Å². The minimum atomic E-state index is -0.208. The number of benzene rings is 2. The molecule has 2 aromatic carbocycles. The molecule has 2 N–H and O–H groups in total. The summed E-state index contributed by atoms with van der Waals surface area (Å²) < 4.78 is 0. The van der Waals surface area contributed by atoms with Crippen LogP contribution in [0.4, 0.5) is 0 Å². The van der Waals surface area contributed by atoms with E-state index in [1.165, 1.54) is 5.56 Å². The normalized spacial score (nSPS) is 18.6. The number of carbonyl (C=O) groups is 1. The van der Waals surface area contributed by atoms with Crippen molar-refractivity contribution in [3.63, 3.8) is 0 Å². The molecule has 0 aliphatic carbocycles. The molecule has 1 amide bonds. The van der Waals surface area contributed by atoms with Crippen LogP contribution in [0.25, 0.3) is 6.08 Å². The summed E-state index contributed by atoms with van der Waals surface area (Å²) in [4.78, 5) is 15.9. The fourth-order valence-electron chi connectivity index (χ4n) is 3.94. The summed E-state index contributed by atoms with van der Waals surface area (Å²) in [6.45, 7) is 13.3. The van der Waals surface area contributed by atoms with Crippen LogP contribution in [-0.4, -0.2) is 35.0 Å². The van der Waals surface area contributed by atoms with E-state index in [1.807, 2.05) is 48.4 Å². The van der Waals surface area contributed by atoms with Gasteiger partial charge in [-0.15, -0.1) is 0 Å². The molecular formula is C27H36N2O2S. The molecule has 0 radical (unpaired) electrons. The summed E-state index contributed by atoms with van der Waals surface area (Å²) in [5.74, 6) is 0.406. The van der Waals surface area contributed by atoms with E-state index >= 15 is 0 Å². The Balaban J connectivity index is 1.94. The van der Waals surface area contributed by atoms with Gasteiger partial charge in [0.05, 0.1) is 4.91 Å². The van der Waals surface area contributed by atoms with E-state index in [4.69, 9.17) is 0 Å². The molecule has 1 saturated heterocycles. The summed E-state index contributed by atoms with van der Waals surface area (Å²) in [6, 6.07) is 14.3. The molecule has 4 nitrogen and oxygen atoms in total. The molecule has 2 aromatic rings. The Morgan fingerprint density at radius 2 is 1.59 bits per heavy atom. The standard InChI is InChI=1S/C27H36N2O2S/c1-26(2,3)20-15-19(16-21(23(20)30)27(4,5)6)17-22-24(31)29(25(28-7)32-22)14-13-18-11-9-8-10-12-18/h8-12,15-17,25,28,30H,13-14H2,1-7H3. The van der Waals surface area contributed by atoms with E-state index in [0.717, 1.165) is 28.0 Å². The second-order valence-electron chi connectivity index (χ2n) is 10.5. The summed E-state index contributed by atoms with van der Waals surface area (Å²) in [6.07, 6.45) is 2.80. The van der Waals surface area contributed by atoms with E-state index in [0.29, 0.717) is 12.3 Å². The average Bonchev–Trinajstić information content (AvgIpc) is 3.01. The van der Waals surface area contributed by atoms with Gasteiger partial charge in [0.1, 0.15) is 11.2 Å². The Labute approximate surface area is 197 Å². The first-order valence-electron chi connectivity index (χ1n) is 11.2. The van der Waals surface area contributed by atoms with Gasteiger partial charge in [-0.3, -0.25) is 10.1 Å². The number of phenols is 1. The van der Waals surface area contributed by atoms with Crippen LogP contribution in [0, 0.1) is 0 Å². The lowest BCUT2D eigenvalue weighted by molar-refractivity contribution is -0.126. The van der Waals surface area contributed by atoms with Crippen molar-refractivity contribution in [2.75, 3.05) is 13.6 Å². The second kappa shape index (κ2) is 9.32. The van der Waals surface area contributed by atoms with Gasteiger partial charge in [0.2, 0.25) is 0 Å². The monoisotopic (exact) mass is 452 g/mol. The highest BCUT2D eigenvalue weighted by Crippen LogP contribution is 2.41. The van der Waals surface area contributed by atoms with Crippen LogP contribution < -0.4 is 5.32 Å². The number of thioether (sulfide) groups is 1. The number of nitrogens with zero attached hydrogens (tertiary/aromatic N) is 1. The minimum absolute atomic E-state index is 0.0490. The first kappa shape index (κ1) is 24.4. The Morgan fingerprint density at radius 3 is 2.09 bits per heavy atom. The lowest BCUT2D eigenvalue weighted by Gasteiger charge is -2.28. The zero-order valence-electron chi connectivity index (χ0n) is 20.3. The quantitative estimate of drug-likeness (QED) is 0.576.